The van der Waals surface area contributed by atoms with E-state index >= 15 is 0 Å². The van der Waals surface area contributed by atoms with Crippen molar-refractivity contribution in [2.24, 2.45) is 5.92 Å². The molecule has 0 saturated heterocycles. The molecule has 1 unspecified atom stereocenters. The molecule has 6 heteroatoms. The Kier molecular flexibility index (Phi) is 5.02. The molecule has 0 bridgehead atoms. The van der Waals surface area contributed by atoms with Crippen molar-refractivity contribution in [2.75, 3.05) is 12.5 Å². The van der Waals surface area contributed by atoms with Crippen LogP contribution in [0.15, 0.2) is 22.7 Å². The topological polar surface area (TPSA) is 52.4 Å². The van der Waals surface area contributed by atoms with Crippen molar-refractivity contribution < 1.29 is 9.66 Å². The molecule has 0 N–H and O–H groups in total. The Labute approximate surface area is 107 Å². The molecular formula is C10H11BrClNO3. The third kappa shape index (κ3) is 3.64. The molecule has 0 spiro atoms. The highest BCUT2D eigenvalue weighted by molar-refractivity contribution is 9.10. The van der Waals surface area contributed by atoms with Gasteiger partial charge in [-0.15, -0.1) is 11.6 Å². The Hall–Kier alpha value is -0.810. The van der Waals surface area contributed by atoms with E-state index < -0.39 is 4.92 Å². The molecule has 0 aliphatic heterocycles. The second-order valence-electron chi connectivity index (χ2n) is 3.44. The number of nitro benzene ring substituents is 1. The highest BCUT2D eigenvalue weighted by atomic mass is 79.9. The molecule has 1 aromatic rings. The predicted octanol–water partition coefficient (Wildman–Crippen LogP) is 3.61. The van der Waals surface area contributed by atoms with E-state index in [1.54, 1.807) is 12.1 Å². The second kappa shape index (κ2) is 6.06. The maximum Gasteiger partial charge on any atom is 0.312 e. The Morgan fingerprint density at radius 1 is 1.62 bits per heavy atom. The van der Waals surface area contributed by atoms with Gasteiger partial charge in [0.15, 0.2) is 5.75 Å². The quantitative estimate of drug-likeness (QED) is 0.474. The van der Waals surface area contributed by atoms with Crippen molar-refractivity contribution in [1.82, 2.24) is 0 Å². The number of benzene rings is 1. The molecule has 0 saturated carbocycles. The second-order valence-corrected chi connectivity index (χ2v) is 4.66. The number of rotatable bonds is 5. The van der Waals surface area contributed by atoms with E-state index in [1.165, 1.54) is 6.07 Å². The molecule has 0 radical (unpaired) electrons. The normalized spacial score (nSPS) is 12.2. The first-order chi connectivity index (χ1) is 7.54. The fourth-order valence-corrected chi connectivity index (χ4v) is 1.47. The van der Waals surface area contributed by atoms with Crippen LogP contribution in [-0.2, 0) is 0 Å². The largest absolute Gasteiger partial charge is 0.486 e. The Morgan fingerprint density at radius 2 is 2.31 bits per heavy atom. The maximum atomic E-state index is 10.8. The lowest BCUT2D eigenvalue weighted by Gasteiger charge is -2.10. The first-order valence-corrected chi connectivity index (χ1v) is 6.00. The lowest BCUT2D eigenvalue weighted by Crippen LogP contribution is -2.10. The molecule has 0 fully saturated rings. The van der Waals surface area contributed by atoms with Crippen molar-refractivity contribution in [3.05, 3.63) is 32.8 Å². The van der Waals surface area contributed by atoms with Gasteiger partial charge in [0, 0.05) is 22.3 Å². The number of alkyl halides is 1. The number of ether oxygens (including phenoxy) is 1. The van der Waals surface area contributed by atoms with E-state index in [0.717, 1.165) is 0 Å². The van der Waals surface area contributed by atoms with Gasteiger partial charge in [-0.3, -0.25) is 10.1 Å². The molecular weight excluding hydrogens is 297 g/mol. The van der Waals surface area contributed by atoms with Crippen LogP contribution in [0.25, 0.3) is 0 Å². The first kappa shape index (κ1) is 13.3. The smallest absolute Gasteiger partial charge is 0.312 e. The summed E-state index contributed by atoms with van der Waals surface area (Å²) in [6.45, 7) is 2.28. The summed E-state index contributed by atoms with van der Waals surface area (Å²) >= 11 is 8.80. The molecule has 1 rings (SSSR count). The lowest BCUT2D eigenvalue weighted by molar-refractivity contribution is -0.386. The number of nitrogens with zero attached hydrogens (tertiary/aromatic N) is 1. The molecule has 0 aromatic heterocycles. The first-order valence-electron chi connectivity index (χ1n) is 4.67. The van der Waals surface area contributed by atoms with Gasteiger partial charge in [-0.05, 0) is 12.1 Å². The molecule has 1 aromatic carbocycles. The van der Waals surface area contributed by atoms with Gasteiger partial charge in [-0.2, -0.15) is 0 Å². The van der Waals surface area contributed by atoms with Crippen LogP contribution >= 0.6 is 27.5 Å². The van der Waals surface area contributed by atoms with Crippen LogP contribution in [0, 0.1) is 16.0 Å². The van der Waals surface area contributed by atoms with E-state index in [0.29, 0.717) is 17.0 Å². The third-order valence-corrected chi connectivity index (χ3v) is 2.92. The highest BCUT2D eigenvalue weighted by Crippen LogP contribution is 2.30. The zero-order valence-corrected chi connectivity index (χ0v) is 11.0. The lowest BCUT2D eigenvalue weighted by atomic mass is 10.2. The molecule has 88 valence electrons. The van der Waals surface area contributed by atoms with Gasteiger partial charge in [0.25, 0.3) is 0 Å². The molecule has 0 aliphatic rings. The minimum absolute atomic E-state index is 0.0452. The summed E-state index contributed by atoms with van der Waals surface area (Å²) in [7, 11) is 0. The van der Waals surface area contributed by atoms with Crippen molar-refractivity contribution in [1.29, 1.82) is 0 Å². The Balaban J connectivity index is 2.82. The van der Waals surface area contributed by atoms with E-state index in [4.69, 9.17) is 16.3 Å². The van der Waals surface area contributed by atoms with Gasteiger partial charge >= 0.3 is 5.69 Å². The molecule has 0 heterocycles. The summed E-state index contributed by atoms with van der Waals surface area (Å²) in [5.41, 5.74) is -0.0452. The summed E-state index contributed by atoms with van der Waals surface area (Å²) in [6, 6.07) is 4.69. The number of hydrogen-bond acceptors (Lipinski definition) is 3. The zero-order valence-electron chi connectivity index (χ0n) is 8.65. The van der Waals surface area contributed by atoms with Crippen LogP contribution in [0.3, 0.4) is 0 Å². The number of hydrogen-bond donors (Lipinski definition) is 0. The highest BCUT2D eigenvalue weighted by Gasteiger charge is 2.16. The summed E-state index contributed by atoms with van der Waals surface area (Å²) in [6.07, 6.45) is 0. The van der Waals surface area contributed by atoms with Crippen molar-refractivity contribution in [3.8, 4) is 5.75 Å². The van der Waals surface area contributed by atoms with Crippen molar-refractivity contribution in [3.63, 3.8) is 0 Å². The average Bonchev–Trinajstić information content (AvgIpc) is 2.26. The monoisotopic (exact) mass is 307 g/mol. The molecule has 0 amide bonds. The summed E-state index contributed by atoms with van der Waals surface area (Å²) < 4.78 is 6.01. The van der Waals surface area contributed by atoms with Crippen LogP contribution < -0.4 is 4.74 Å². The summed E-state index contributed by atoms with van der Waals surface area (Å²) in [5.74, 6) is 0.889. The van der Waals surface area contributed by atoms with E-state index in [1.807, 2.05) is 6.92 Å². The van der Waals surface area contributed by atoms with Gasteiger partial charge in [-0.25, -0.2) is 0 Å². The third-order valence-electron chi connectivity index (χ3n) is 1.90. The van der Waals surface area contributed by atoms with Crippen molar-refractivity contribution in [2.45, 2.75) is 6.92 Å². The van der Waals surface area contributed by atoms with Crippen LogP contribution in [0.4, 0.5) is 5.69 Å². The van der Waals surface area contributed by atoms with Crippen LogP contribution in [0.5, 0.6) is 5.75 Å². The minimum Gasteiger partial charge on any atom is -0.486 e. The van der Waals surface area contributed by atoms with Crippen LogP contribution in [0.1, 0.15) is 6.92 Å². The SMILES string of the molecule is CC(CCl)COc1ccc(Br)cc1[N+](=O)[O-]. The average molecular weight is 309 g/mol. The number of halogens is 2. The Morgan fingerprint density at radius 3 is 2.88 bits per heavy atom. The van der Waals surface area contributed by atoms with Crippen molar-refractivity contribution >= 4 is 33.2 Å². The fraction of sp³-hybridized carbons (Fsp3) is 0.400. The molecule has 16 heavy (non-hydrogen) atoms. The molecule has 0 aliphatic carbocycles. The van der Waals surface area contributed by atoms with Gasteiger partial charge in [-0.1, -0.05) is 22.9 Å². The van der Waals surface area contributed by atoms with E-state index in [2.05, 4.69) is 15.9 Å². The number of nitro groups is 1. The fourth-order valence-electron chi connectivity index (χ4n) is 1.03. The van der Waals surface area contributed by atoms with Gasteiger partial charge < -0.3 is 4.74 Å². The van der Waals surface area contributed by atoms with Crippen LogP contribution in [0.2, 0.25) is 0 Å². The standard InChI is InChI=1S/C10H11BrClNO3/c1-7(5-12)6-16-10-3-2-8(11)4-9(10)13(14)15/h2-4,7H,5-6H2,1H3. The maximum absolute atomic E-state index is 10.8. The zero-order chi connectivity index (χ0) is 12.1. The van der Waals surface area contributed by atoms with Gasteiger partial charge in [0.2, 0.25) is 0 Å². The van der Waals surface area contributed by atoms with E-state index in [9.17, 15) is 10.1 Å². The molecule has 4 nitrogen and oxygen atoms in total. The Bertz CT molecular complexity index is 386. The van der Waals surface area contributed by atoms with Crippen LogP contribution in [-0.4, -0.2) is 17.4 Å². The summed E-state index contributed by atoms with van der Waals surface area (Å²) in [5, 5.41) is 10.8. The minimum atomic E-state index is -0.467. The molecule has 1 atom stereocenters. The predicted molar refractivity (Wildman–Crippen MR) is 66.2 cm³/mol. The summed E-state index contributed by atoms with van der Waals surface area (Å²) in [4.78, 5) is 10.3. The van der Waals surface area contributed by atoms with E-state index in [-0.39, 0.29) is 17.4 Å². The van der Waals surface area contributed by atoms with Gasteiger partial charge in [0.1, 0.15) is 0 Å². The van der Waals surface area contributed by atoms with Gasteiger partial charge in [0.05, 0.1) is 11.5 Å².